The Bertz CT molecular complexity index is 231. The lowest BCUT2D eigenvalue weighted by Gasteiger charge is -2.15. The molecule has 0 spiro atoms. The van der Waals surface area contributed by atoms with Gasteiger partial charge in [-0.3, -0.25) is 0 Å². The zero-order valence-corrected chi connectivity index (χ0v) is 14.0. The minimum absolute atomic E-state index is 0.139. The fourth-order valence-electron chi connectivity index (χ4n) is 2.41. The number of nitrogens with two attached hydrogens (primary N) is 1. The van der Waals surface area contributed by atoms with Crippen LogP contribution in [0.1, 0.15) is 84.0 Å². The Morgan fingerprint density at radius 3 is 1.95 bits per heavy atom. The third kappa shape index (κ3) is 14.3. The molecule has 0 aromatic rings. The molecule has 0 aliphatic heterocycles. The second kappa shape index (κ2) is 16.0. The Balaban J connectivity index is 3.22. The van der Waals surface area contributed by atoms with E-state index in [9.17, 15) is 5.11 Å². The molecule has 0 aliphatic rings. The predicted molar refractivity (Wildman–Crippen MR) is 91.3 cm³/mol. The van der Waals surface area contributed by atoms with E-state index in [4.69, 9.17) is 10.8 Å². The van der Waals surface area contributed by atoms with Crippen molar-refractivity contribution in [3.63, 3.8) is 0 Å². The van der Waals surface area contributed by atoms with Gasteiger partial charge in [0.1, 0.15) is 0 Å². The molecule has 0 aliphatic carbocycles. The molecule has 0 heterocycles. The van der Waals surface area contributed by atoms with Crippen molar-refractivity contribution in [2.24, 2.45) is 5.73 Å². The monoisotopic (exact) mass is 299 g/mol. The number of allylic oxidation sites excluding steroid dienone is 2. The molecule has 0 unspecified atom stereocenters. The highest BCUT2D eigenvalue weighted by molar-refractivity contribution is 4.81. The summed E-state index contributed by atoms with van der Waals surface area (Å²) in [4.78, 5) is 0. The number of unbranched alkanes of at least 4 members (excludes halogenated alkanes) is 9. The van der Waals surface area contributed by atoms with Crippen molar-refractivity contribution in [1.29, 1.82) is 0 Å². The van der Waals surface area contributed by atoms with Crippen LogP contribution in [0.4, 0.5) is 0 Å². The van der Waals surface area contributed by atoms with Crippen LogP contribution < -0.4 is 5.73 Å². The summed E-state index contributed by atoms with van der Waals surface area (Å²) < 4.78 is 0. The van der Waals surface area contributed by atoms with Crippen molar-refractivity contribution < 1.29 is 10.2 Å². The molecule has 3 heteroatoms. The SMILES string of the molecule is CCCCCCCCCC=CCCCC[C@@H](O)[C@@H](N)CO. The van der Waals surface area contributed by atoms with Crippen LogP contribution in [-0.2, 0) is 0 Å². The highest BCUT2D eigenvalue weighted by Gasteiger charge is 2.12. The first kappa shape index (κ1) is 20.6. The summed E-state index contributed by atoms with van der Waals surface area (Å²) in [7, 11) is 0. The van der Waals surface area contributed by atoms with Gasteiger partial charge in [-0.2, -0.15) is 0 Å². The number of aliphatic hydroxyl groups excluding tert-OH is 2. The lowest BCUT2D eigenvalue weighted by molar-refractivity contribution is 0.0993. The second-order valence-electron chi connectivity index (χ2n) is 6.08. The van der Waals surface area contributed by atoms with Crippen LogP contribution in [0.3, 0.4) is 0 Å². The molecule has 2 atom stereocenters. The van der Waals surface area contributed by atoms with Crippen LogP contribution in [0.5, 0.6) is 0 Å². The first-order valence-corrected chi connectivity index (χ1v) is 8.91. The van der Waals surface area contributed by atoms with Crippen molar-refractivity contribution in [3.05, 3.63) is 12.2 Å². The molecule has 126 valence electrons. The highest BCUT2D eigenvalue weighted by atomic mass is 16.3. The van der Waals surface area contributed by atoms with E-state index in [1.807, 2.05) is 0 Å². The minimum atomic E-state index is -0.563. The normalized spacial score (nSPS) is 14.7. The minimum Gasteiger partial charge on any atom is -0.395 e. The molecule has 0 fully saturated rings. The topological polar surface area (TPSA) is 66.5 Å². The van der Waals surface area contributed by atoms with Gasteiger partial charge in [0.15, 0.2) is 0 Å². The van der Waals surface area contributed by atoms with E-state index in [1.54, 1.807) is 0 Å². The number of hydrogen-bond donors (Lipinski definition) is 3. The standard InChI is InChI=1S/C18H37NO2/c1-2-3-4-5-6-7-8-9-10-11-12-13-14-15-18(21)17(19)16-20/h10-11,17-18,20-21H,2-9,12-16,19H2,1H3/t17-,18+/m0/s1. The molecule has 0 saturated heterocycles. The Labute approximate surface area is 131 Å². The fourth-order valence-corrected chi connectivity index (χ4v) is 2.41. The van der Waals surface area contributed by atoms with Gasteiger partial charge in [-0.25, -0.2) is 0 Å². The van der Waals surface area contributed by atoms with Crippen molar-refractivity contribution in [1.82, 2.24) is 0 Å². The van der Waals surface area contributed by atoms with E-state index in [-0.39, 0.29) is 6.61 Å². The van der Waals surface area contributed by atoms with Gasteiger partial charge in [0.05, 0.1) is 18.8 Å². The average Bonchev–Trinajstić information content (AvgIpc) is 2.50. The molecule has 0 saturated carbocycles. The number of hydrogen-bond acceptors (Lipinski definition) is 3. The quantitative estimate of drug-likeness (QED) is 0.317. The lowest BCUT2D eigenvalue weighted by atomic mass is 10.0. The van der Waals surface area contributed by atoms with E-state index in [2.05, 4.69) is 19.1 Å². The molecule has 3 nitrogen and oxygen atoms in total. The Morgan fingerprint density at radius 2 is 1.38 bits per heavy atom. The summed E-state index contributed by atoms with van der Waals surface area (Å²) in [5, 5.41) is 18.4. The van der Waals surface area contributed by atoms with Crippen LogP contribution in [0.2, 0.25) is 0 Å². The van der Waals surface area contributed by atoms with E-state index in [1.165, 1.54) is 51.4 Å². The van der Waals surface area contributed by atoms with Gasteiger partial charge in [0.25, 0.3) is 0 Å². The highest BCUT2D eigenvalue weighted by Crippen LogP contribution is 2.10. The van der Waals surface area contributed by atoms with Gasteiger partial charge in [-0.1, -0.05) is 64.0 Å². The summed E-state index contributed by atoms with van der Waals surface area (Å²) >= 11 is 0. The zero-order valence-electron chi connectivity index (χ0n) is 14.0. The summed E-state index contributed by atoms with van der Waals surface area (Å²) in [6, 6.07) is -0.488. The van der Waals surface area contributed by atoms with Crippen LogP contribution in [0, 0.1) is 0 Å². The molecular weight excluding hydrogens is 262 g/mol. The van der Waals surface area contributed by atoms with Gasteiger partial charge in [-0.15, -0.1) is 0 Å². The first-order chi connectivity index (χ1) is 10.2. The molecule has 0 radical (unpaired) electrons. The lowest BCUT2D eigenvalue weighted by Crippen LogP contribution is -2.37. The molecule has 21 heavy (non-hydrogen) atoms. The first-order valence-electron chi connectivity index (χ1n) is 8.91. The molecule has 0 aromatic heterocycles. The molecule has 4 N–H and O–H groups in total. The number of rotatable bonds is 15. The van der Waals surface area contributed by atoms with E-state index in [0.29, 0.717) is 6.42 Å². The molecule has 0 rings (SSSR count). The van der Waals surface area contributed by atoms with Crippen LogP contribution in [0.15, 0.2) is 12.2 Å². The van der Waals surface area contributed by atoms with Gasteiger partial charge < -0.3 is 15.9 Å². The maximum absolute atomic E-state index is 9.59. The third-order valence-electron chi connectivity index (χ3n) is 3.97. The Morgan fingerprint density at radius 1 is 0.857 bits per heavy atom. The predicted octanol–water partition coefficient (Wildman–Crippen LogP) is 3.92. The van der Waals surface area contributed by atoms with E-state index >= 15 is 0 Å². The Hall–Kier alpha value is -0.380. The maximum Gasteiger partial charge on any atom is 0.0713 e. The molecule has 0 bridgehead atoms. The van der Waals surface area contributed by atoms with E-state index < -0.39 is 12.1 Å². The van der Waals surface area contributed by atoms with Gasteiger partial charge in [-0.05, 0) is 32.1 Å². The van der Waals surface area contributed by atoms with Crippen LogP contribution in [0.25, 0.3) is 0 Å². The van der Waals surface area contributed by atoms with Crippen molar-refractivity contribution in [3.8, 4) is 0 Å². The Kier molecular flexibility index (Phi) is 15.7. The van der Waals surface area contributed by atoms with Crippen LogP contribution >= 0.6 is 0 Å². The summed E-state index contributed by atoms with van der Waals surface area (Å²) in [6.07, 6.45) is 18.6. The van der Waals surface area contributed by atoms with Crippen molar-refractivity contribution >= 4 is 0 Å². The van der Waals surface area contributed by atoms with Gasteiger partial charge in [0.2, 0.25) is 0 Å². The number of aliphatic hydroxyl groups is 2. The zero-order chi connectivity index (χ0) is 15.8. The summed E-state index contributed by atoms with van der Waals surface area (Å²) in [6.45, 7) is 2.12. The molecular formula is C18H37NO2. The summed E-state index contributed by atoms with van der Waals surface area (Å²) in [5.74, 6) is 0. The van der Waals surface area contributed by atoms with Crippen molar-refractivity contribution in [2.75, 3.05) is 6.61 Å². The fraction of sp³-hybridized carbons (Fsp3) is 0.889. The summed E-state index contributed by atoms with van der Waals surface area (Å²) in [5.41, 5.74) is 5.55. The van der Waals surface area contributed by atoms with Crippen molar-refractivity contribution in [2.45, 2.75) is 96.1 Å². The van der Waals surface area contributed by atoms with Gasteiger partial charge in [0, 0.05) is 0 Å². The van der Waals surface area contributed by atoms with Crippen LogP contribution in [-0.4, -0.2) is 29.0 Å². The smallest absolute Gasteiger partial charge is 0.0713 e. The van der Waals surface area contributed by atoms with E-state index in [0.717, 1.165) is 19.3 Å². The van der Waals surface area contributed by atoms with Gasteiger partial charge >= 0.3 is 0 Å². The maximum atomic E-state index is 9.59. The second-order valence-corrected chi connectivity index (χ2v) is 6.08. The molecule has 0 amide bonds. The average molecular weight is 299 g/mol. The largest absolute Gasteiger partial charge is 0.395 e. The third-order valence-corrected chi connectivity index (χ3v) is 3.97. The molecule has 0 aromatic carbocycles.